The molecule has 0 saturated heterocycles. The van der Waals surface area contributed by atoms with E-state index in [0.29, 0.717) is 12.8 Å². The van der Waals surface area contributed by atoms with Gasteiger partial charge < -0.3 is 4.74 Å². The van der Waals surface area contributed by atoms with E-state index in [4.69, 9.17) is 0 Å². The van der Waals surface area contributed by atoms with E-state index >= 15 is 0 Å². The lowest BCUT2D eigenvalue weighted by atomic mass is 9.67. The van der Waals surface area contributed by atoms with E-state index in [1.54, 1.807) is 0 Å². The molecule has 0 aromatic rings. The minimum Gasteiger partial charge on any atom is -0.463 e. The first-order valence-corrected chi connectivity index (χ1v) is 6.23. The predicted molar refractivity (Wildman–Crippen MR) is 60.3 cm³/mol. The normalized spacial score (nSPS) is 27.1. The molecule has 1 unspecified atom stereocenters. The minimum absolute atomic E-state index is 0.0853. The Labute approximate surface area is 101 Å². The maximum atomic E-state index is 11.8. The van der Waals surface area contributed by atoms with E-state index in [1.807, 2.05) is 0 Å². The molecule has 2 aliphatic carbocycles. The zero-order valence-electron chi connectivity index (χ0n) is 10.2. The van der Waals surface area contributed by atoms with Crippen molar-refractivity contribution in [3.05, 3.63) is 0 Å². The highest BCUT2D eigenvalue weighted by molar-refractivity contribution is 6.38. The molecule has 1 atom stereocenters. The van der Waals surface area contributed by atoms with Gasteiger partial charge in [-0.2, -0.15) is 0 Å². The molecule has 4 heteroatoms. The molecule has 94 valence electrons. The molecular weight excluding hydrogens is 220 g/mol. The topological polar surface area (TPSA) is 60.4 Å². The van der Waals surface area contributed by atoms with E-state index in [1.165, 1.54) is 20.0 Å². The van der Waals surface area contributed by atoms with Crippen molar-refractivity contribution in [2.75, 3.05) is 7.11 Å². The maximum Gasteiger partial charge on any atom is 0.375 e. The Kier molecular flexibility index (Phi) is 3.31. The van der Waals surface area contributed by atoms with Crippen molar-refractivity contribution in [1.82, 2.24) is 0 Å². The van der Waals surface area contributed by atoms with Gasteiger partial charge in [-0.3, -0.25) is 9.59 Å². The molecule has 2 saturated carbocycles. The first kappa shape index (κ1) is 12.3. The van der Waals surface area contributed by atoms with Gasteiger partial charge in [0.2, 0.25) is 5.78 Å². The predicted octanol–water partition coefficient (Wildman–Crippen LogP) is 1.66. The fourth-order valence-electron chi connectivity index (χ4n) is 3.27. The number of esters is 1. The van der Waals surface area contributed by atoms with Gasteiger partial charge >= 0.3 is 5.97 Å². The highest BCUT2D eigenvalue weighted by Crippen LogP contribution is 2.49. The van der Waals surface area contributed by atoms with Gasteiger partial charge in [-0.05, 0) is 31.1 Å². The van der Waals surface area contributed by atoms with Crippen molar-refractivity contribution in [2.24, 2.45) is 11.3 Å². The van der Waals surface area contributed by atoms with E-state index in [0.717, 1.165) is 19.3 Å². The quantitative estimate of drug-likeness (QED) is 0.417. The summed E-state index contributed by atoms with van der Waals surface area (Å²) in [7, 11) is 1.18. The van der Waals surface area contributed by atoms with Gasteiger partial charge in [0, 0.05) is 6.42 Å². The Hall–Kier alpha value is -1.19. The molecule has 0 radical (unpaired) electrons. The number of hydrogen-bond donors (Lipinski definition) is 0. The average molecular weight is 238 g/mol. The number of carbonyl (C=O) groups excluding carboxylic acids is 3. The minimum atomic E-state index is -0.876. The molecule has 0 aliphatic heterocycles. The van der Waals surface area contributed by atoms with Crippen LogP contribution in [-0.4, -0.2) is 24.6 Å². The summed E-state index contributed by atoms with van der Waals surface area (Å²) in [6.07, 6.45) is 6.40. The molecule has 1 spiro atoms. The summed E-state index contributed by atoms with van der Waals surface area (Å²) in [6.45, 7) is 0. The molecule has 0 aromatic heterocycles. The summed E-state index contributed by atoms with van der Waals surface area (Å²) in [5, 5.41) is 0. The van der Waals surface area contributed by atoms with Crippen LogP contribution in [0.5, 0.6) is 0 Å². The maximum absolute atomic E-state index is 11.8. The molecule has 0 heterocycles. The van der Waals surface area contributed by atoms with E-state index in [9.17, 15) is 14.4 Å². The number of ketones is 2. The molecular formula is C13H18O4. The van der Waals surface area contributed by atoms with Crippen LogP contribution >= 0.6 is 0 Å². The summed E-state index contributed by atoms with van der Waals surface area (Å²) in [6, 6.07) is 0. The van der Waals surface area contributed by atoms with Crippen LogP contribution in [0.15, 0.2) is 0 Å². The van der Waals surface area contributed by atoms with E-state index in [-0.39, 0.29) is 11.2 Å². The van der Waals surface area contributed by atoms with Gasteiger partial charge in [0.15, 0.2) is 0 Å². The second-order valence-corrected chi connectivity index (χ2v) is 5.29. The summed E-state index contributed by atoms with van der Waals surface area (Å²) in [4.78, 5) is 34.8. The first-order valence-electron chi connectivity index (χ1n) is 6.23. The second kappa shape index (κ2) is 4.59. The number of Topliss-reactive ketones (excluding diaryl/α,β-unsaturated/α-hetero) is 2. The fraction of sp³-hybridized carbons (Fsp3) is 0.769. The average Bonchev–Trinajstić information content (AvgIpc) is 2.79. The van der Waals surface area contributed by atoms with Crippen molar-refractivity contribution >= 4 is 17.5 Å². The largest absolute Gasteiger partial charge is 0.463 e. The standard InChI is InChI=1S/C13H18O4/c1-17-12(16)11(15)9-8-13(5-2-3-6-13)7-4-10(9)14/h9H,2-8H2,1H3. The smallest absolute Gasteiger partial charge is 0.375 e. The lowest BCUT2D eigenvalue weighted by Gasteiger charge is -2.36. The Morgan fingerprint density at radius 2 is 1.88 bits per heavy atom. The molecule has 0 bridgehead atoms. The van der Waals surface area contributed by atoms with Crippen LogP contribution < -0.4 is 0 Å². The highest BCUT2D eigenvalue weighted by Gasteiger charge is 2.45. The molecule has 0 amide bonds. The molecule has 2 rings (SSSR count). The Morgan fingerprint density at radius 3 is 2.47 bits per heavy atom. The van der Waals surface area contributed by atoms with Crippen molar-refractivity contribution in [3.8, 4) is 0 Å². The highest BCUT2D eigenvalue weighted by atomic mass is 16.5. The van der Waals surface area contributed by atoms with Gasteiger partial charge in [-0.15, -0.1) is 0 Å². The summed E-state index contributed by atoms with van der Waals surface area (Å²) < 4.78 is 4.42. The number of rotatable bonds is 2. The van der Waals surface area contributed by atoms with Crippen molar-refractivity contribution in [2.45, 2.75) is 44.9 Å². The van der Waals surface area contributed by atoms with Gasteiger partial charge in [-0.1, -0.05) is 12.8 Å². The van der Waals surface area contributed by atoms with Crippen molar-refractivity contribution in [1.29, 1.82) is 0 Å². The lowest BCUT2D eigenvalue weighted by molar-refractivity contribution is -0.156. The van der Waals surface area contributed by atoms with Crippen LogP contribution in [0.4, 0.5) is 0 Å². The van der Waals surface area contributed by atoms with Gasteiger partial charge in [0.1, 0.15) is 5.78 Å². The zero-order chi connectivity index (χ0) is 12.5. The van der Waals surface area contributed by atoms with Crippen LogP contribution in [0.2, 0.25) is 0 Å². The van der Waals surface area contributed by atoms with Gasteiger partial charge in [0.25, 0.3) is 0 Å². The number of carbonyl (C=O) groups is 3. The number of ether oxygens (including phenoxy) is 1. The third-order valence-electron chi connectivity index (χ3n) is 4.29. The van der Waals surface area contributed by atoms with Gasteiger partial charge in [0.05, 0.1) is 13.0 Å². The summed E-state index contributed by atoms with van der Waals surface area (Å²) in [5.41, 5.74) is 0.141. The van der Waals surface area contributed by atoms with Crippen LogP contribution in [0, 0.1) is 11.3 Å². The Morgan fingerprint density at radius 1 is 1.24 bits per heavy atom. The Bertz CT molecular complexity index is 352. The van der Waals surface area contributed by atoms with Crippen molar-refractivity contribution in [3.63, 3.8) is 0 Å². The Balaban J connectivity index is 2.12. The summed E-state index contributed by atoms with van der Waals surface area (Å²) in [5.74, 6) is -2.35. The SMILES string of the molecule is COC(=O)C(=O)C1CC2(CCCC2)CCC1=O. The molecule has 17 heavy (non-hydrogen) atoms. The summed E-state index contributed by atoms with van der Waals surface area (Å²) >= 11 is 0. The van der Waals surface area contributed by atoms with E-state index in [2.05, 4.69) is 4.74 Å². The fourth-order valence-corrected chi connectivity index (χ4v) is 3.27. The lowest BCUT2D eigenvalue weighted by Crippen LogP contribution is -2.39. The third-order valence-corrected chi connectivity index (χ3v) is 4.29. The molecule has 0 N–H and O–H groups in total. The number of methoxy groups -OCH3 is 1. The van der Waals surface area contributed by atoms with Crippen molar-refractivity contribution < 1.29 is 19.1 Å². The van der Waals surface area contributed by atoms with Crippen LogP contribution in [0.1, 0.15) is 44.9 Å². The van der Waals surface area contributed by atoms with Crippen LogP contribution in [0.3, 0.4) is 0 Å². The van der Waals surface area contributed by atoms with Crippen LogP contribution in [-0.2, 0) is 19.1 Å². The third kappa shape index (κ3) is 2.26. The molecule has 2 fully saturated rings. The zero-order valence-corrected chi connectivity index (χ0v) is 10.2. The molecule has 0 aromatic carbocycles. The second-order valence-electron chi connectivity index (χ2n) is 5.29. The van der Waals surface area contributed by atoms with E-state index < -0.39 is 17.7 Å². The number of hydrogen-bond acceptors (Lipinski definition) is 4. The van der Waals surface area contributed by atoms with Crippen LogP contribution in [0.25, 0.3) is 0 Å². The monoisotopic (exact) mass is 238 g/mol. The van der Waals surface area contributed by atoms with Gasteiger partial charge in [-0.25, -0.2) is 4.79 Å². The molecule has 2 aliphatic rings. The molecule has 4 nitrogen and oxygen atoms in total. The first-order chi connectivity index (χ1) is 8.08.